The molecule has 0 amide bonds. The van der Waals surface area contributed by atoms with Crippen LogP contribution in [0.4, 0.5) is 0 Å². The molecule has 1 aliphatic rings. The van der Waals surface area contributed by atoms with Crippen molar-refractivity contribution >= 4 is 5.97 Å². The fourth-order valence-corrected chi connectivity index (χ4v) is 3.10. The van der Waals surface area contributed by atoms with Crippen LogP contribution in [0, 0.1) is 0 Å². The second kappa shape index (κ2) is 5.71. The van der Waals surface area contributed by atoms with E-state index in [1.165, 1.54) is 12.1 Å². The van der Waals surface area contributed by atoms with Crippen molar-refractivity contribution in [1.82, 2.24) is 4.90 Å². The number of hydrogen-bond donors (Lipinski definition) is 3. The maximum absolute atomic E-state index is 11.7. The molecule has 0 radical (unpaired) electrons. The van der Waals surface area contributed by atoms with Gasteiger partial charge in [0.1, 0.15) is 17.0 Å². The van der Waals surface area contributed by atoms with Crippen LogP contribution in [0.25, 0.3) is 0 Å². The normalized spacial score (nSPS) is 23.1. The molecule has 5 nitrogen and oxygen atoms in total. The van der Waals surface area contributed by atoms with Gasteiger partial charge in [-0.05, 0) is 31.9 Å². The van der Waals surface area contributed by atoms with E-state index >= 15 is 0 Å². The van der Waals surface area contributed by atoms with Gasteiger partial charge in [0.2, 0.25) is 0 Å². The quantitative estimate of drug-likeness (QED) is 0.770. The summed E-state index contributed by atoms with van der Waals surface area (Å²) in [5, 5.41) is 28.8. The number of hydrogen-bond acceptors (Lipinski definition) is 4. The molecular weight excluding hydrogens is 258 g/mol. The zero-order valence-corrected chi connectivity index (χ0v) is 11.7. The Balaban J connectivity index is 2.24. The highest BCUT2D eigenvalue weighted by Gasteiger charge is 2.46. The maximum atomic E-state index is 11.7. The maximum Gasteiger partial charge on any atom is 0.324 e. The van der Waals surface area contributed by atoms with Gasteiger partial charge in [0.25, 0.3) is 0 Å². The standard InChI is InChI=1S/C15H21NO4/c1-2-6-15(14(19)20)7-3-8-16(15)10-11-4-5-12(17)9-13(11)18/h4-5,9,17-18H,2-3,6-8,10H2,1H3,(H,19,20). The zero-order chi connectivity index (χ0) is 14.8. The van der Waals surface area contributed by atoms with Crippen LogP contribution in [0.15, 0.2) is 18.2 Å². The van der Waals surface area contributed by atoms with E-state index in [0.29, 0.717) is 31.5 Å². The molecule has 0 aromatic heterocycles. The van der Waals surface area contributed by atoms with Crippen molar-refractivity contribution in [2.75, 3.05) is 6.54 Å². The van der Waals surface area contributed by atoms with Crippen LogP contribution >= 0.6 is 0 Å². The third-order valence-electron chi connectivity index (χ3n) is 4.12. The summed E-state index contributed by atoms with van der Waals surface area (Å²) in [5.74, 6) is -0.770. The van der Waals surface area contributed by atoms with Crippen molar-refractivity contribution in [3.05, 3.63) is 23.8 Å². The molecule has 1 aromatic carbocycles. The minimum absolute atomic E-state index is 0.00530. The van der Waals surface area contributed by atoms with E-state index in [1.54, 1.807) is 6.07 Å². The summed E-state index contributed by atoms with van der Waals surface area (Å²) in [4.78, 5) is 13.6. The number of phenols is 2. The number of nitrogens with zero attached hydrogens (tertiary/aromatic N) is 1. The Morgan fingerprint density at radius 3 is 2.75 bits per heavy atom. The van der Waals surface area contributed by atoms with Gasteiger partial charge in [-0.15, -0.1) is 0 Å². The molecule has 1 unspecified atom stereocenters. The fraction of sp³-hybridized carbons (Fsp3) is 0.533. The lowest BCUT2D eigenvalue weighted by Gasteiger charge is -2.34. The molecule has 2 rings (SSSR count). The lowest BCUT2D eigenvalue weighted by atomic mass is 9.90. The van der Waals surface area contributed by atoms with Crippen molar-refractivity contribution in [3.8, 4) is 11.5 Å². The molecule has 1 saturated heterocycles. The van der Waals surface area contributed by atoms with E-state index < -0.39 is 11.5 Å². The highest BCUT2D eigenvalue weighted by atomic mass is 16.4. The number of aliphatic carboxylic acids is 1. The zero-order valence-electron chi connectivity index (χ0n) is 11.7. The van der Waals surface area contributed by atoms with Crippen LogP contribution in [0.5, 0.6) is 11.5 Å². The molecule has 1 aromatic rings. The summed E-state index contributed by atoms with van der Waals surface area (Å²) in [5.41, 5.74) is -0.176. The number of carbonyl (C=O) groups is 1. The Hall–Kier alpha value is -1.75. The second-order valence-corrected chi connectivity index (χ2v) is 5.42. The number of phenolic OH excluding ortho intramolecular Hbond substituents is 2. The Morgan fingerprint density at radius 2 is 2.15 bits per heavy atom. The van der Waals surface area contributed by atoms with Crippen LogP contribution in [-0.4, -0.2) is 38.3 Å². The van der Waals surface area contributed by atoms with E-state index in [1.807, 2.05) is 11.8 Å². The van der Waals surface area contributed by atoms with Crippen LogP contribution < -0.4 is 0 Å². The van der Waals surface area contributed by atoms with Crippen LogP contribution in [0.1, 0.15) is 38.2 Å². The summed E-state index contributed by atoms with van der Waals surface area (Å²) in [6.45, 7) is 3.09. The Bertz CT molecular complexity index is 503. The topological polar surface area (TPSA) is 81.0 Å². The van der Waals surface area contributed by atoms with Crippen LogP contribution in [0.2, 0.25) is 0 Å². The summed E-state index contributed by atoms with van der Waals surface area (Å²) in [7, 11) is 0. The van der Waals surface area contributed by atoms with Gasteiger partial charge in [-0.3, -0.25) is 9.69 Å². The lowest BCUT2D eigenvalue weighted by Crippen LogP contribution is -2.49. The van der Waals surface area contributed by atoms with Gasteiger partial charge >= 0.3 is 5.97 Å². The number of aromatic hydroxyl groups is 2. The van der Waals surface area contributed by atoms with Gasteiger partial charge in [-0.1, -0.05) is 19.4 Å². The van der Waals surface area contributed by atoms with E-state index in [9.17, 15) is 20.1 Å². The lowest BCUT2D eigenvalue weighted by molar-refractivity contribution is -0.150. The van der Waals surface area contributed by atoms with Gasteiger partial charge in [-0.25, -0.2) is 0 Å². The third-order valence-corrected chi connectivity index (χ3v) is 4.12. The summed E-state index contributed by atoms with van der Waals surface area (Å²) in [6, 6.07) is 4.43. The first-order valence-electron chi connectivity index (χ1n) is 6.99. The SMILES string of the molecule is CCCC1(C(=O)O)CCCN1Cc1ccc(O)cc1O. The van der Waals surface area contributed by atoms with Crippen molar-refractivity contribution in [2.24, 2.45) is 0 Å². The monoisotopic (exact) mass is 279 g/mol. The van der Waals surface area contributed by atoms with Gasteiger partial charge in [0.15, 0.2) is 0 Å². The molecule has 0 bridgehead atoms. The first-order chi connectivity index (χ1) is 9.49. The van der Waals surface area contributed by atoms with Crippen LogP contribution in [0.3, 0.4) is 0 Å². The van der Waals surface area contributed by atoms with Gasteiger partial charge in [0.05, 0.1) is 0 Å². The Labute approximate surface area is 118 Å². The molecule has 0 aliphatic carbocycles. The minimum atomic E-state index is -0.820. The smallest absolute Gasteiger partial charge is 0.324 e. The Morgan fingerprint density at radius 1 is 1.40 bits per heavy atom. The predicted molar refractivity (Wildman–Crippen MR) is 74.7 cm³/mol. The van der Waals surface area contributed by atoms with Crippen LogP contribution in [-0.2, 0) is 11.3 Å². The molecule has 20 heavy (non-hydrogen) atoms. The average Bonchev–Trinajstić information content (AvgIpc) is 2.77. The number of rotatable bonds is 5. The molecule has 1 aliphatic heterocycles. The molecule has 3 N–H and O–H groups in total. The van der Waals surface area contributed by atoms with Crippen molar-refractivity contribution in [2.45, 2.75) is 44.7 Å². The number of likely N-dealkylation sites (tertiary alicyclic amines) is 1. The average molecular weight is 279 g/mol. The van der Waals surface area contributed by atoms with Gasteiger partial charge in [0, 0.05) is 18.2 Å². The number of carboxylic acids is 1. The first-order valence-corrected chi connectivity index (χ1v) is 6.99. The highest BCUT2D eigenvalue weighted by Crippen LogP contribution is 2.36. The van der Waals surface area contributed by atoms with E-state index in [4.69, 9.17) is 0 Å². The molecule has 0 spiro atoms. The molecule has 1 heterocycles. The third kappa shape index (κ3) is 2.58. The predicted octanol–water partition coefficient (Wildman–Crippen LogP) is 2.32. The molecule has 110 valence electrons. The van der Waals surface area contributed by atoms with Crippen molar-refractivity contribution in [3.63, 3.8) is 0 Å². The Kier molecular flexibility index (Phi) is 4.18. The second-order valence-electron chi connectivity index (χ2n) is 5.42. The molecule has 1 atom stereocenters. The van der Waals surface area contributed by atoms with Gasteiger partial charge < -0.3 is 15.3 Å². The van der Waals surface area contributed by atoms with E-state index in [-0.39, 0.29) is 11.5 Å². The molecular formula is C15H21NO4. The van der Waals surface area contributed by atoms with E-state index in [0.717, 1.165) is 12.8 Å². The van der Waals surface area contributed by atoms with Crippen molar-refractivity contribution in [1.29, 1.82) is 0 Å². The van der Waals surface area contributed by atoms with Crippen molar-refractivity contribution < 1.29 is 20.1 Å². The largest absolute Gasteiger partial charge is 0.508 e. The first kappa shape index (κ1) is 14.7. The summed E-state index contributed by atoms with van der Waals surface area (Å²) in [6.07, 6.45) is 2.92. The molecule has 1 fully saturated rings. The number of carboxylic acid groups (broad SMARTS) is 1. The highest BCUT2D eigenvalue weighted by molar-refractivity contribution is 5.79. The minimum Gasteiger partial charge on any atom is -0.508 e. The number of benzene rings is 1. The van der Waals surface area contributed by atoms with E-state index in [2.05, 4.69) is 0 Å². The molecule has 0 saturated carbocycles. The fourth-order valence-electron chi connectivity index (χ4n) is 3.10. The molecule has 5 heteroatoms. The summed E-state index contributed by atoms with van der Waals surface area (Å²) >= 11 is 0. The van der Waals surface area contributed by atoms with Gasteiger partial charge in [-0.2, -0.15) is 0 Å². The summed E-state index contributed by atoms with van der Waals surface area (Å²) < 4.78 is 0.